The standard InChI is InChI=1S/C18H18F3N3O5S/c1-24(2)30(27,28)15-8-6-12(7-9-15)17(26)23-22-16(25)11-29-14-5-3-4-13(10-14)18(19,20)21/h3-10H,11H2,1-2H3,(H,22,25)(H,23,26). The molecule has 0 radical (unpaired) electrons. The monoisotopic (exact) mass is 445 g/mol. The van der Waals surface area contributed by atoms with E-state index in [1.54, 1.807) is 0 Å². The predicted octanol–water partition coefficient (Wildman–Crippen LogP) is 1.80. The van der Waals surface area contributed by atoms with Crippen LogP contribution in [0.25, 0.3) is 0 Å². The zero-order valence-corrected chi connectivity index (χ0v) is 16.7. The van der Waals surface area contributed by atoms with E-state index in [-0.39, 0.29) is 16.2 Å². The maximum atomic E-state index is 12.6. The van der Waals surface area contributed by atoms with Crippen LogP contribution in [0, 0.1) is 0 Å². The molecule has 30 heavy (non-hydrogen) atoms. The van der Waals surface area contributed by atoms with Gasteiger partial charge in [-0.3, -0.25) is 20.4 Å². The molecular formula is C18H18F3N3O5S. The SMILES string of the molecule is CN(C)S(=O)(=O)c1ccc(C(=O)NNC(=O)COc2cccc(C(F)(F)F)c2)cc1. The van der Waals surface area contributed by atoms with Gasteiger partial charge in [0.05, 0.1) is 10.5 Å². The van der Waals surface area contributed by atoms with E-state index in [4.69, 9.17) is 4.74 Å². The van der Waals surface area contributed by atoms with E-state index in [9.17, 15) is 31.2 Å². The average Bonchev–Trinajstić information content (AvgIpc) is 2.70. The number of nitrogens with zero attached hydrogens (tertiary/aromatic N) is 1. The molecule has 0 aliphatic heterocycles. The number of sulfonamides is 1. The molecule has 0 aliphatic rings. The molecule has 0 saturated heterocycles. The first kappa shape index (κ1) is 23.2. The summed E-state index contributed by atoms with van der Waals surface area (Å²) in [5, 5.41) is 0. The summed E-state index contributed by atoms with van der Waals surface area (Å²) in [6.07, 6.45) is -4.54. The van der Waals surface area contributed by atoms with Crippen molar-refractivity contribution in [1.82, 2.24) is 15.2 Å². The fourth-order valence-corrected chi connectivity index (χ4v) is 3.04. The van der Waals surface area contributed by atoms with Crippen molar-refractivity contribution in [1.29, 1.82) is 0 Å². The summed E-state index contributed by atoms with van der Waals surface area (Å²) in [6, 6.07) is 9.00. The molecule has 12 heteroatoms. The zero-order chi connectivity index (χ0) is 22.5. The van der Waals surface area contributed by atoms with Crippen molar-refractivity contribution >= 4 is 21.8 Å². The minimum atomic E-state index is -4.54. The highest BCUT2D eigenvalue weighted by molar-refractivity contribution is 7.89. The predicted molar refractivity (Wildman–Crippen MR) is 99.9 cm³/mol. The Morgan fingerprint density at radius 3 is 2.23 bits per heavy atom. The lowest BCUT2D eigenvalue weighted by Crippen LogP contribution is -2.43. The Kier molecular flexibility index (Phi) is 7.05. The van der Waals surface area contributed by atoms with E-state index >= 15 is 0 Å². The van der Waals surface area contributed by atoms with Gasteiger partial charge in [-0.2, -0.15) is 13.2 Å². The number of hydrazine groups is 1. The molecule has 0 heterocycles. The molecule has 0 bridgehead atoms. The molecule has 0 spiro atoms. The van der Waals surface area contributed by atoms with E-state index in [0.717, 1.165) is 22.5 Å². The van der Waals surface area contributed by atoms with Gasteiger partial charge in [0.15, 0.2) is 6.61 Å². The van der Waals surface area contributed by atoms with Crippen LogP contribution in [0.2, 0.25) is 0 Å². The van der Waals surface area contributed by atoms with Crippen LogP contribution in [0.1, 0.15) is 15.9 Å². The molecule has 8 nitrogen and oxygen atoms in total. The number of rotatable bonds is 6. The first-order chi connectivity index (χ1) is 13.9. The molecule has 0 saturated carbocycles. The van der Waals surface area contributed by atoms with E-state index in [2.05, 4.69) is 5.43 Å². The Labute approximate surface area is 170 Å². The summed E-state index contributed by atoms with van der Waals surface area (Å²) in [4.78, 5) is 23.7. The Morgan fingerprint density at radius 2 is 1.67 bits per heavy atom. The number of carbonyl (C=O) groups excluding carboxylic acids is 2. The summed E-state index contributed by atoms with van der Waals surface area (Å²) < 4.78 is 67.9. The van der Waals surface area contributed by atoms with Crippen LogP contribution in [-0.2, 0) is 21.0 Å². The molecule has 2 rings (SSSR count). The van der Waals surface area contributed by atoms with Crippen LogP contribution in [0.3, 0.4) is 0 Å². The number of hydrogen-bond acceptors (Lipinski definition) is 5. The fourth-order valence-electron chi connectivity index (χ4n) is 2.13. The highest BCUT2D eigenvalue weighted by Crippen LogP contribution is 2.31. The largest absolute Gasteiger partial charge is 0.484 e. The van der Waals surface area contributed by atoms with Crippen molar-refractivity contribution in [2.75, 3.05) is 20.7 Å². The van der Waals surface area contributed by atoms with E-state index < -0.39 is 40.2 Å². The fraction of sp³-hybridized carbons (Fsp3) is 0.222. The minimum Gasteiger partial charge on any atom is -0.484 e. The van der Waals surface area contributed by atoms with Crippen molar-refractivity contribution in [2.24, 2.45) is 0 Å². The van der Waals surface area contributed by atoms with Crippen molar-refractivity contribution in [3.05, 3.63) is 59.7 Å². The second-order valence-corrected chi connectivity index (χ2v) is 8.28. The Hall–Kier alpha value is -3.12. The first-order valence-electron chi connectivity index (χ1n) is 8.33. The van der Waals surface area contributed by atoms with Crippen LogP contribution in [0.4, 0.5) is 13.2 Å². The van der Waals surface area contributed by atoms with Gasteiger partial charge in [-0.15, -0.1) is 0 Å². The number of alkyl halides is 3. The Morgan fingerprint density at radius 1 is 1.03 bits per heavy atom. The smallest absolute Gasteiger partial charge is 0.416 e. The normalized spacial score (nSPS) is 11.8. The lowest BCUT2D eigenvalue weighted by Gasteiger charge is -2.12. The van der Waals surface area contributed by atoms with Gasteiger partial charge in [-0.05, 0) is 42.5 Å². The number of hydrogen-bond donors (Lipinski definition) is 2. The number of carbonyl (C=O) groups is 2. The van der Waals surface area contributed by atoms with Gasteiger partial charge in [0, 0.05) is 19.7 Å². The number of nitrogens with one attached hydrogen (secondary N) is 2. The van der Waals surface area contributed by atoms with Crippen molar-refractivity contribution in [3.63, 3.8) is 0 Å². The Bertz CT molecular complexity index is 1020. The molecule has 2 aromatic carbocycles. The number of amides is 2. The van der Waals surface area contributed by atoms with E-state index in [1.807, 2.05) is 5.43 Å². The first-order valence-corrected chi connectivity index (χ1v) is 9.77. The van der Waals surface area contributed by atoms with Gasteiger partial charge in [-0.1, -0.05) is 6.07 Å². The van der Waals surface area contributed by atoms with Gasteiger partial charge in [0.2, 0.25) is 10.0 Å². The minimum absolute atomic E-state index is 0.0115. The van der Waals surface area contributed by atoms with E-state index in [0.29, 0.717) is 0 Å². The molecule has 2 aromatic rings. The van der Waals surface area contributed by atoms with Crippen LogP contribution in [-0.4, -0.2) is 45.2 Å². The molecule has 2 N–H and O–H groups in total. The van der Waals surface area contributed by atoms with Gasteiger partial charge in [0.25, 0.3) is 11.8 Å². The zero-order valence-electron chi connectivity index (χ0n) is 15.9. The molecule has 2 amide bonds. The highest BCUT2D eigenvalue weighted by Gasteiger charge is 2.30. The molecule has 0 fully saturated rings. The van der Waals surface area contributed by atoms with Crippen molar-refractivity contribution in [2.45, 2.75) is 11.1 Å². The second-order valence-electron chi connectivity index (χ2n) is 6.13. The summed E-state index contributed by atoms with van der Waals surface area (Å²) >= 11 is 0. The van der Waals surface area contributed by atoms with Gasteiger partial charge in [0.1, 0.15) is 5.75 Å². The lowest BCUT2D eigenvalue weighted by atomic mass is 10.2. The third-order valence-corrected chi connectivity index (χ3v) is 5.57. The molecule has 0 atom stereocenters. The van der Waals surface area contributed by atoms with Gasteiger partial charge in [-0.25, -0.2) is 12.7 Å². The lowest BCUT2D eigenvalue weighted by molar-refractivity contribution is -0.137. The van der Waals surface area contributed by atoms with Crippen molar-refractivity contribution < 1.29 is 35.9 Å². The van der Waals surface area contributed by atoms with Crippen molar-refractivity contribution in [3.8, 4) is 5.75 Å². The molecule has 0 aromatic heterocycles. The topological polar surface area (TPSA) is 105 Å². The third-order valence-electron chi connectivity index (χ3n) is 3.74. The van der Waals surface area contributed by atoms with Gasteiger partial charge < -0.3 is 4.74 Å². The maximum absolute atomic E-state index is 12.6. The summed E-state index contributed by atoms with van der Waals surface area (Å²) in [7, 11) is -0.910. The van der Waals surface area contributed by atoms with Crippen LogP contribution >= 0.6 is 0 Å². The second kappa shape index (κ2) is 9.13. The summed E-state index contributed by atoms with van der Waals surface area (Å²) in [6.45, 7) is -0.637. The molecular weight excluding hydrogens is 427 g/mol. The highest BCUT2D eigenvalue weighted by atomic mass is 32.2. The summed E-state index contributed by atoms with van der Waals surface area (Å²) in [5.74, 6) is -1.70. The molecule has 0 unspecified atom stereocenters. The summed E-state index contributed by atoms with van der Waals surface area (Å²) in [5.41, 5.74) is 3.29. The number of ether oxygens (including phenoxy) is 1. The number of halogens is 3. The molecule has 0 aliphatic carbocycles. The third kappa shape index (κ3) is 5.94. The van der Waals surface area contributed by atoms with Gasteiger partial charge >= 0.3 is 6.18 Å². The molecule has 162 valence electrons. The van der Waals surface area contributed by atoms with E-state index in [1.165, 1.54) is 44.4 Å². The average molecular weight is 445 g/mol. The maximum Gasteiger partial charge on any atom is 0.416 e. The van der Waals surface area contributed by atoms with Crippen LogP contribution in [0.5, 0.6) is 5.75 Å². The quantitative estimate of drug-likeness (QED) is 0.660. The number of benzene rings is 2. The van der Waals surface area contributed by atoms with Crippen LogP contribution < -0.4 is 15.6 Å². The van der Waals surface area contributed by atoms with Crippen LogP contribution in [0.15, 0.2) is 53.4 Å². The Balaban J connectivity index is 1.88.